The van der Waals surface area contributed by atoms with Crippen LogP contribution in [-0.4, -0.2) is 53.2 Å². The highest BCUT2D eigenvalue weighted by atomic mass is 32.2. The molecule has 0 saturated carbocycles. The summed E-state index contributed by atoms with van der Waals surface area (Å²) in [5.41, 5.74) is 2.04. The summed E-state index contributed by atoms with van der Waals surface area (Å²) >= 11 is 1.62. The summed E-state index contributed by atoms with van der Waals surface area (Å²) in [6, 6.07) is 5.97. The first-order valence-corrected chi connectivity index (χ1v) is 12.0. The molecule has 0 radical (unpaired) electrons. The fraction of sp³-hybridized carbons (Fsp3) is 0.579. The number of nitrogens with zero attached hydrogens (tertiary/aromatic N) is 4. The molecule has 0 aromatic carbocycles. The lowest BCUT2D eigenvalue weighted by atomic mass is 9.94. The second-order valence-corrected chi connectivity index (χ2v) is 10.1. The van der Waals surface area contributed by atoms with Crippen LogP contribution in [0.15, 0.2) is 18.2 Å². The summed E-state index contributed by atoms with van der Waals surface area (Å²) in [7, 11) is -3.35. The van der Waals surface area contributed by atoms with Crippen LogP contribution in [0.25, 0.3) is 0 Å². The van der Waals surface area contributed by atoms with Crippen molar-refractivity contribution in [2.45, 2.75) is 46.5 Å². The molecule has 2 aromatic rings. The van der Waals surface area contributed by atoms with Gasteiger partial charge in [0.25, 0.3) is 10.2 Å². The number of rotatable bonds is 7. The minimum Gasteiger partial charge on any atom is -0.316 e. The Hall–Kier alpha value is -1.55. The third-order valence-corrected chi connectivity index (χ3v) is 8.44. The molecule has 28 heavy (non-hydrogen) atoms. The normalized spacial score (nSPS) is 16.6. The Kier molecular flexibility index (Phi) is 6.69. The van der Waals surface area contributed by atoms with Gasteiger partial charge in [0, 0.05) is 42.7 Å². The molecular weight excluding hydrogens is 394 g/mol. The Morgan fingerprint density at radius 2 is 1.86 bits per heavy atom. The van der Waals surface area contributed by atoms with E-state index in [2.05, 4.69) is 17.2 Å². The lowest BCUT2D eigenvalue weighted by Gasteiger charge is -2.34. The van der Waals surface area contributed by atoms with Crippen LogP contribution in [0.2, 0.25) is 0 Å². The number of hydrogen-bond acceptors (Lipinski definition) is 6. The fourth-order valence-corrected chi connectivity index (χ4v) is 5.95. The standard InChI is InChI=1S/C19H29N5O2S2/c1-5-23(6-2)28(25,26)24-12-10-16(11-13-24)17-8-7-9-18(21-17)22-19-20-14(3)15(4)27-19/h7-9,16H,5-6,10-13H2,1-4H3,(H,20,21,22). The molecule has 3 rings (SSSR count). The van der Waals surface area contributed by atoms with Gasteiger partial charge < -0.3 is 5.32 Å². The van der Waals surface area contributed by atoms with E-state index >= 15 is 0 Å². The fourth-order valence-electron chi connectivity index (χ4n) is 3.48. The predicted octanol–water partition coefficient (Wildman–Crippen LogP) is 3.66. The molecule has 0 aliphatic carbocycles. The second-order valence-electron chi connectivity index (χ2n) is 7.00. The Bertz CT molecular complexity index is 881. The Morgan fingerprint density at radius 1 is 1.18 bits per heavy atom. The average molecular weight is 424 g/mol. The monoisotopic (exact) mass is 423 g/mol. The lowest BCUT2D eigenvalue weighted by Crippen LogP contribution is -2.46. The number of anilines is 2. The summed E-state index contributed by atoms with van der Waals surface area (Å²) < 4.78 is 28.5. The van der Waals surface area contributed by atoms with Crippen LogP contribution in [0.4, 0.5) is 10.9 Å². The van der Waals surface area contributed by atoms with E-state index in [1.807, 2.05) is 39.0 Å². The van der Waals surface area contributed by atoms with Crippen molar-refractivity contribution in [3.8, 4) is 0 Å². The molecule has 2 aromatic heterocycles. The van der Waals surface area contributed by atoms with E-state index in [0.29, 0.717) is 26.2 Å². The minimum atomic E-state index is -3.35. The van der Waals surface area contributed by atoms with Gasteiger partial charge in [0.15, 0.2) is 5.13 Å². The maximum Gasteiger partial charge on any atom is 0.281 e. The number of pyridine rings is 1. The second kappa shape index (κ2) is 8.86. The Morgan fingerprint density at radius 3 is 2.43 bits per heavy atom. The summed E-state index contributed by atoms with van der Waals surface area (Å²) in [5, 5.41) is 4.14. The number of aromatic nitrogens is 2. The van der Waals surface area contributed by atoms with Crippen molar-refractivity contribution in [1.82, 2.24) is 18.6 Å². The van der Waals surface area contributed by atoms with Crippen molar-refractivity contribution >= 4 is 32.5 Å². The Labute approximate surface area is 172 Å². The lowest BCUT2D eigenvalue weighted by molar-refractivity contribution is 0.289. The molecule has 3 heterocycles. The van der Waals surface area contributed by atoms with Crippen molar-refractivity contribution in [2.24, 2.45) is 0 Å². The molecule has 7 nitrogen and oxygen atoms in total. The zero-order chi connectivity index (χ0) is 20.3. The molecule has 0 unspecified atom stereocenters. The van der Waals surface area contributed by atoms with Gasteiger partial charge >= 0.3 is 0 Å². The maximum absolute atomic E-state index is 12.7. The van der Waals surface area contributed by atoms with Crippen molar-refractivity contribution < 1.29 is 8.42 Å². The van der Waals surface area contributed by atoms with Gasteiger partial charge in [-0.25, -0.2) is 9.97 Å². The summed E-state index contributed by atoms with van der Waals surface area (Å²) in [6.45, 7) is 9.89. The van der Waals surface area contributed by atoms with Crippen LogP contribution in [0.3, 0.4) is 0 Å². The molecule has 1 aliphatic heterocycles. The van der Waals surface area contributed by atoms with Crippen molar-refractivity contribution in [2.75, 3.05) is 31.5 Å². The maximum atomic E-state index is 12.7. The van der Waals surface area contributed by atoms with Crippen LogP contribution in [0.5, 0.6) is 0 Å². The van der Waals surface area contributed by atoms with E-state index in [9.17, 15) is 8.42 Å². The first-order valence-electron chi connectivity index (χ1n) is 9.78. The first kappa shape index (κ1) is 21.2. The number of thiazole rings is 1. The summed E-state index contributed by atoms with van der Waals surface area (Å²) in [5.74, 6) is 1.05. The van der Waals surface area contributed by atoms with E-state index in [1.165, 1.54) is 9.18 Å². The molecule has 9 heteroatoms. The highest BCUT2D eigenvalue weighted by molar-refractivity contribution is 7.86. The number of aryl methyl sites for hydroxylation is 2. The highest BCUT2D eigenvalue weighted by Gasteiger charge is 2.32. The van der Waals surface area contributed by atoms with Crippen LogP contribution >= 0.6 is 11.3 Å². The van der Waals surface area contributed by atoms with Crippen LogP contribution in [0.1, 0.15) is 48.9 Å². The molecule has 1 saturated heterocycles. The SMILES string of the molecule is CCN(CC)S(=O)(=O)N1CCC(c2cccc(Nc3nc(C)c(C)s3)n2)CC1. The van der Waals surface area contributed by atoms with Gasteiger partial charge in [-0.1, -0.05) is 19.9 Å². The average Bonchev–Trinajstić information content (AvgIpc) is 3.00. The van der Waals surface area contributed by atoms with E-state index in [-0.39, 0.29) is 5.92 Å². The molecule has 1 fully saturated rings. The third kappa shape index (κ3) is 4.53. The van der Waals surface area contributed by atoms with Gasteiger partial charge in [-0.05, 0) is 38.8 Å². The smallest absolute Gasteiger partial charge is 0.281 e. The molecule has 0 atom stereocenters. The summed E-state index contributed by atoms with van der Waals surface area (Å²) in [6.07, 6.45) is 1.57. The van der Waals surface area contributed by atoms with Crippen LogP contribution < -0.4 is 5.32 Å². The van der Waals surface area contributed by atoms with E-state index in [4.69, 9.17) is 4.98 Å². The van der Waals surface area contributed by atoms with Gasteiger partial charge in [0.05, 0.1) is 5.69 Å². The van der Waals surface area contributed by atoms with Gasteiger partial charge in [0.2, 0.25) is 0 Å². The zero-order valence-corrected chi connectivity index (χ0v) is 18.6. The van der Waals surface area contributed by atoms with E-state index in [1.54, 1.807) is 15.6 Å². The van der Waals surface area contributed by atoms with Gasteiger partial charge in [-0.2, -0.15) is 17.0 Å². The molecule has 1 N–H and O–H groups in total. The largest absolute Gasteiger partial charge is 0.316 e. The first-order chi connectivity index (χ1) is 13.3. The molecule has 0 amide bonds. The van der Waals surface area contributed by atoms with Crippen LogP contribution in [-0.2, 0) is 10.2 Å². The van der Waals surface area contributed by atoms with Gasteiger partial charge in [0.1, 0.15) is 5.82 Å². The summed E-state index contributed by atoms with van der Waals surface area (Å²) in [4.78, 5) is 10.5. The number of piperidine rings is 1. The molecule has 0 bridgehead atoms. The molecule has 0 spiro atoms. The number of nitrogens with one attached hydrogen (secondary N) is 1. The van der Waals surface area contributed by atoms with Crippen LogP contribution in [0, 0.1) is 13.8 Å². The molecular formula is C19H29N5O2S2. The minimum absolute atomic E-state index is 0.268. The van der Waals surface area contributed by atoms with Crippen molar-refractivity contribution in [3.05, 3.63) is 34.5 Å². The number of hydrogen-bond donors (Lipinski definition) is 1. The van der Waals surface area contributed by atoms with Crippen molar-refractivity contribution in [3.63, 3.8) is 0 Å². The predicted molar refractivity (Wildman–Crippen MR) is 114 cm³/mol. The highest BCUT2D eigenvalue weighted by Crippen LogP contribution is 2.30. The van der Waals surface area contributed by atoms with Crippen molar-refractivity contribution in [1.29, 1.82) is 0 Å². The molecule has 1 aliphatic rings. The topological polar surface area (TPSA) is 78.4 Å². The van der Waals surface area contributed by atoms with E-state index < -0.39 is 10.2 Å². The third-order valence-electron chi connectivity index (χ3n) is 5.26. The quantitative estimate of drug-likeness (QED) is 0.735. The van der Waals surface area contributed by atoms with E-state index in [0.717, 1.165) is 35.2 Å². The zero-order valence-electron chi connectivity index (χ0n) is 17.0. The van der Waals surface area contributed by atoms with Gasteiger partial charge in [-0.3, -0.25) is 0 Å². The molecule has 154 valence electrons. The van der Waals surface area contributed by atoms with Gasteiger partial charge in [-0.15, -0.1) is 11.3 Å². The Balaban J connectivity index is 1.66.